The fourth-order valence-corrected chi connectivity index (χ4v) is 4.06. The third-order valence-electron chi connectivity index (χ3n) is 5.57. The molecule has 2 N–H and O–H groups in total. The van der Waals surface area contributed by atoms with Crippen molar-refractivity contribution in [1.82, 2.24) is 10.6 Å². The van der Waals surface area contributed by atoms with Gasteiger partial charge in [-0.25, -0.2) is 4.79 Å². The van der Waals surface area contributed by atoms with Crippen molar-refractivity contribution >= 4 is 17.6 Å². The number of nitro benzene ring substituents is 1. The molecule has 8 heteroatoms. The first-order valence-electron chi connectivity index (χ1n) is 11.6. The van der Waals surface area contributed by atoms with Crippen LogP contribution in [0.15, 0.2) is 46.8 Å². The van der Waals surface area contributed by atoms with Crippen molar-refractivity contribution in [3.63, 3.8) is 0 Å². The minimum Gasteiger partial charge on any atom is -0.462 e. The molecular formula is C25H35N3O5. The lowest BCUT2D eigenvalue weighted by Crippen LogP contribution is -2.39. The Labute approximate surface area is 195 Å². The Morgan fingerprint density at radius 1 is 1.09 bits per heavy atom. The number of nitrogens with zero attached hydrogens (tertiary/aromatic N) is 1. The van der Waals surface area contributed by atoms with Crippen LogP contribution in [0.2, 0.25) is 0 Å². The van der Waals surface area contributed by atoms with E-state index in [1.54, 1.807) is 32.0 Å². The molecule has 1 heterocycles. The number of carbonyl (C=O) groups is 2. The molecule has 1 aromatic rings. The summed E-state index contributed by atoms with van der Waals surface area (Å²) in [5.41, 5.74) is 1.70. The Kier molecular flexibility index (Phi) is 9.63. The maximum atomic E-state index is 13.2. The lowest BCUT2D eigenvalue weighted by atomic mass is 9.79. The lowest BCUT2D eigenvalue weighted by molar-refractivity contribution is -0.385. The molecule has 0 fully saturated rings. The van der Waals surface area contributed by atoms with Gasteiger partial charge in [-0.2, -0.15) is 0 Å². The molecule has 33 heavy (non-hydrogen) atoms. The van der Waals surface area contributed by atoms with Crippen LogP contribution in [0.4, 0.5) is 5.69 Å². The molecule has 1 aromatic carbocycles. The zero-order chi connectivity index (χ0) is 24.5. The van der Waals surface area contributed by atoms with Crippen LogP contribution in [0.3, 0.4) is 0 Å². The third kappa shape index (κ3) is 6.66. The van der Waals surface area contributed by atoms with Crippen molar-refractivity contribution in [3.8, 4) is 0 Å². The maximum Gasteiger partial charge on any atom is 0.336 e. The molecule has 0 aliphatic carbocycles. The van der Waals surface area contributed by atoms with Crippen molar-refractivity contribution in [2.24, 2.45) is 0 Å². The number of hydrogen-bond donors (Lipinski definition) is 2. The highest BCUT2D eigenvalue weighted by Gasteiger charge is 2.40. The Hall–Kier alpha value is -3.16. The first-order valence-corrected chi connectivity index (χ1v) is 11.6. The summed E-state index contributed by atoms with van der Waals surface area (Å²) in [5, 5.41) is 17.8. The topological polar surface area (TPSA) is 111 Å². The highest BCUT2D eigenvalue weighted by atomic mass is 16.6. The van der Waals surface area contributed by atoms with Crippen LogP contribution in [-0.4, -0.2) is 29.4 Å². The van der Waals surface area contributed by atoms with E-state index in [1.807, 2.05) is 13.8 Å². The van der Waals surface area contributed by atoms with Gasteiger partial charge in [0, 0.05) is 34.6 Å². The standard InChI is InChI=1S/C25H35N3O5/c1-6-7-8-9-12-15-33-25(30)22-18(5)27-17(4)21(24(29)26-16(2)3)23(22)19-13-10-11-14-20(19)28(31)32/h10-11,13-14,16,23,27H,6-9,12,15H2,1-5H3,(H,26,29). The minimum atomic E-state index is -0.917. The van der Waals surface area contributed by atoms with Gasteiger partial charge >= 0.3 is 5.97 Å². The van der Waals surface area contributed by atoms with E-state index < -0.39 is 16.8 Å². The second-order valence-electron chi connectivity index (χ2n) is 8.63. The van der Waals surface area contributed by atoms with Crippen LogP contribution in [-0.2, 0) is 14.3 Å². The van der Waals surface area contributed by atoms with E-state index in [2.05, 4.69) is 17.6 Å². The average Bonchev–Trinajstić information content (AvgIpc) is 2.74. The number of amides is 1. The van der Waals surface area contributed by atoms with Gasteiger partial charge in [-0.3, -0.25) is 14.9 Å². The minimum absolute atomic E-state index is 0.144. The molecular weight excluding hydrogens is 422 g/mol. The lowest BCUT2D eigenvalue weighted by Gasteiger charge is -2.31. The highest BCUT2D eigenvalue weighted by Crippen LogP contribution is 2.42. The molecule has 180 valence electrons. The molecule has 0 bridgehead atoms. The third-order valence-corrected chi connectivity index (χ3v) is 5.57. The number of esters is 1. The molecule has 2 rings (SSSR count). The first-order chi connectivity index (χ1) is 15.7. The zero-order valence-corrected chi connectivity index (χ0v) is 20.2. The molecule has 1 atom stereocenters. The van der Waals surface area contributed by atoms with E-state index >= 15 is 0 Å². The normalized spacial score (nSPS) is 16.0. The Balaban J connectivity index is 2.46. The van der Waals surface area contributed by atoms with Crippen molar-refractivity contribution in [2.45, 2.75) is 78.7 Å². The summed E-state index contributed by atoms with van der Waals surface area (Å²) in [6.07, 6.45) is 5.06. The number of dihydropyridines is 1. The predicted molar refractivity (Wildman–Crippen MR) is 127 cm³/mol. The molecule has 8 nitrogen and oxygen atoms in total. The van der Waals surface area contributed by atoms with Gasteiger partial charge in [0.15, 0.2) is 0 Å². The number of unbranched alkanes of at least 4 members (excludes halogenated alkanes) is 4. The number of nitrogens with one attached hydrogen (secondary N) is 2. The van der Waals surface area contributed by atoms with Crippen molar-refractivity contribution in [3.05, 3.63) is 62.5 Å². The van der Waals surface area contributed by atoms with Crippen molar-refractivity contribution < 1.29 is 19.2 Å². The van der Waals surface area contributed by atoms with Crippen LogP contribution in [0.5, 0.6) is 0 Å². The van der Waals surface area contributed by atoms with E-state index in [1.165, 1.54) is 6.07 Å². The number of carbonyl (C=O) groups excluding carboxylic acids is 2. The van der Waals surface area contributed by atoms with Gasteiger partial charge in [-0.05, 0) is 34.1 Å². The molecule has 0 spiro atoms. The summed E-state index contributed by atoms with van der Waals surface area (Å²) in [7, 11) is 0. The second-order valence-corrected chi connectivity index (χ2v) is 8.63. The van der Waals surface area contributed by atoms with Gasteiger partial charge in [-0.15, -0.1) is 0 Å². The quantitative estimate of drug-likeness (QED) is 0.212. The van der Waals surface area contributed by atoms with Crippen LogP contribution >= 0.6 is 0 Å². The summed E-state index contributed by atoms with van der Waals surface area (Å²) < 4.78 is 5.57. The summed E-state index contributed by atoms with van der Waals surface area (Å²) in [6, 6.07) is 6.07. The van der Waals surface area contributed by atoms with E-state index in [0.717, 1.165) is 32.1 Å². The second kappa shape index (κ2) is 12.2. The SMILES string of the molecule is CCCCCCCOC(=O)C1=C(C)NC(C)=C(C(=O)NC(C)C)C1c1ccccc1[N+](=O)[O-]. The van der Waals surface area contributed by atoms with Gasteiger partial charge in [-0.1, -0.05) is 50.8 Å². The summed E-state index contributed by atoms with van der Waals surface area (Å²) in [5.74, 6) is -1.87. The van der Waals surface area contributed by atoms with Crippen LogP contribution < -0.4 is 10.6 Å². The fraction of sp³-hybridized carbons (Fsp3) is 0.520. The summed E-state index contributed by atoms with van der Waals surface area (Å²) in [6.45, 7) is 9.52. The van der Waals surface area contributed by atoms with E-state index in [9.17, 15) is 19.7 Å². The van der Waals surface area contributed by atoms with Crippen molar-refractivity contribution in [1.29, 1.82) is 0 Å². The van der Waals surface area contributed by atoms with Crippen LogP contribution in [0, 0.1) is 10.1 Å². The monoisotopic (exact) mass is 457 g/mol. The van der Waals surface area contributed by atoms with E-state index in [0.29, 0.717) is 11.4 Å². The number of benzene rings is 1. The number of hydrogen-bond acceptors (Lipinski definition) is 6. The molecule has 0 aromatic heterocycles. The summed E-state index contributed by atoms with van der Waals surface area (Å²) >= 11 is 0. The number of para-hydroxylation sites is 1. The summed E-state index contributed by atoms with van der Waals surface area (Å²) in [4.78, 5) is 37.7. The van der Waals surface area contributed by atoms with Gasteiger partial charge in [0.2, 0.25) is 5.91 Å². The van der Waals surface area contributed by atoms with E-state index in [4.69, 9.17) is 4.74 Å². The van der Waals surface area contributed by atoms with Crippen LogP contribution in [0.1, 0.15) is 78.2 Å². The molecule has 1 aliphatic heterocycles. The van der Waals surface area contributed by atoms with Gasteiger partial charge in [0.25, 0.3) is 5.69 Å². The Morgan fingerprint density at radius 3 is 2.36 bits per heavy atom. The average molecular weight is 458 g/mol. The Morgan fingerprint density at radius 2 is 1.73 bits per heavy atom. The number of nitro groups is 1. The molecule has 1 unspecified atom stereocenters. The van der Waals surface area contributed by atoms with E-state index in [-0.39, 0.29) is 41.0 Å². The number of ether oxygens (including phenoxy) is 1. The molecule has 1 amide bonds. The molecule has 0 saturated carbocycles. The molecule has 0 radical (unpaired) electrons. The number of allylic oxidation sites excluding steroid dienone is 2. The first kappa shape index (κ1) is 26.1. The zero-order valence-electron chi connectivity index (χ0n) is 20.2. The van der Waals surface area contributed by atoms with Gasteiger partial charge < -0.3 is 15.4 Å². The largest absolute Gasteiger partial charge is 0.462 e. The number of rotatable bonds is 11. The maximum absolute atomic E-state index is 13.2. The molecule has 0 saturated heterocycles. The van der Waals surface area contributed by atoms with Crippen molar-refractivity contribution in [2.75, 3.05) is 6.61 Å². The van der Waals surface area contributed by atoms with Gasteiger partial charge in [0.05, 0.1) is 23.0 Å². The van der Waals surface area contributed by atoms with Gasteiger partial charge in [0.1, 0.15) is 0 Å². The molecule has 1 aliphatic rings. The smallest absolute Gasteiger partial charge is 0.336 e. The Bertz CT molecular complexity index is 949. The fourth-order valence-electron chi connectivity index (χ4n) is 4.06. The predicted octanol–water partition coefficient (Wildman–Crippen LogP) is 4.87. The highest BCUT2D eigenvalue weighted by molar-refractivity contribution is 6.02. The van der Waals surface area contributed by atoms with Crippen LogP contribution in [0.25, 0.3) is 0 Å².